The van der Waals surface area contributed by atoms with Crippen molar-refractivity contribution in [1.82, 2.24) is 14.5 Å². The molecule has 1 fully saturated rings. The van der Waals surface area contributed by atoms with Gasteiger partial charge in [0.25, 0.3) is 0 Å². The number of imidazole rings is 1. The van der Waals surface area contributed by atoms with Gasteiger partial charge >= 0.3 is 0 Å². The molecule has 0 saturated carbocycles. The van der Waals surface area contributed by atoms with E-state index in [9.17, 15) is 18.0 Å². The molecule has 0 radical (unpaired) electrons. The SMILES string of the molecule is N#Cc1cncn1CN1CC(c2cc(F)c(F)c(F)c2)CC1=O. The van der Waals surface area contributed by atoms with E-state index in [1.54, 1.807) is 0 Å². The van der Waals surface area contributed by atoms with Crippen molar-refractivity contribution in [3.63, 3.8) is 0 Å². The van der Waals surface area contributed by atoms with Crippen LogP contribution in [0.1, 0.15) is 23.6 Å². The molecule has 1 aromatic carbocycles. The number of benzene rings is 1. The number of likely N-dealkylation sites (tertiary alicyclic amines) is 1. The Morgan fingerprint density at radius 3 is 2.65 bits per heavy atom. The fraction of sp³-hybridized carbons (Fsp3) is 0.267. The first-order valence-corrected chi connectivity index (χ1v) is 6.82. The molecule has 1 unspecified atom stereocenters. The average Bonchev–Trinajstić information content (AvgIpc) is 3.11. The largest absolute Gasteiger partial charge is 0.324 e. The smallest absolute Gasteiger partial charge is 0.224 e. The minimum absolute atomic E-state index is 0.0705. The van der Waals surface area contributed by atoms with Gasteiger partial charge < -0.3 is 9.47 Å². The highest BCUT2D eigenvalue weighted by molar-refractivity contribution is 5.79. The lowest BCUT2D eigenvalue weighted by atomic mass is 9.98. The summed E-state index contributed by atoms with van der Waals surface area (Å²) >= 11 is 0. The van der Waals surface area contributed by atoms with Crippen molar-refractivity contribution in [2.75, 3.05) is 6.54 Å². The highest BCUT2D eigenvalue weighted by Gasteiger charge is 2.32. The van der Waals surface area contributed by atoms with Gasteiger partial charge in [0.05, 0.1) is 19.2 Å². The van der Waals surface area contributed by atoms with Crippen LogP contribution in [0.15, 0.2) is 24.7 Å². The molecule has 2 heterocycles. The van der Waals surface area contributed by atoms with Crippen LogP contribution >= 0.6 is 0 Å². The summed E-state index contributed by atoms with van der Waals surface area (Å²) in [5, 5.41) is 8.93. The summed E-state index contributed by atoms with van der Waals surface area (Å²) < 4.78 is 41.2. The Labute approximate surface area is 129 Å². The molecule has 23 heavy (non-hydrogen) atoms. The van der Waals surface area contributed by atoms with E-state index in [4.69, 9.17) is 5.26 Å². The molecule has 1 aromatic heterocycles. The maximum Gasteiger partial charge on any atom is 0.224 e. The van der Waals surface area contributed by atoms with E-state index in [1.807, 2.05) is 6.07 Å². The average molecular weight is 320 g/mol. The van der Waals surface area contributed by atoms with Gasteiger partial charge in [-0.15, -0.1) is 0 Å². The zero-order valence-corrected chi connectivity index (χ0v) is 11.8. The minimum atomic E-state index is -1.52. The lowest BCUT2D eigenvalue weighted by Crippen LogP contribution is -2.28. The summed E-state index contributed by atoms with van der Waals surface area (Å²) in [6.45, 7) is 0.358. The first-order chi connectivity index (χ1) is 11.0. The van der Waals surface area contributed by atoms with Crippen LogP contribution in [0.25, 0.3) is 0 Å². The summed E-state index contributed by atoms with van der Waals surface area (Å²) in [5.74, 6) is -4.70. The predicted molar refractivity (Wildman–Crippen MR) is 72.3 cm³/mol. The molecule has 1 saturated heterocycles. The molecular formula is C15H11F3N4O. The van der Waals surface area contributed by atoms with E-state index in [0.717, 1.165) is 12.1 Å². The highest BCUT2D eigenvalue weighted by Crippen LogP contribution is 2.30. The molecule has 8 heteroatoms. The third-order valence-electron chi connectivity index (χ3n) is 3.84. The number of carbonyl (C=O) groups excluding carboxylic acids is 1. The second-order valence-corrected chi connectivity index (χ2v) is 5.32. The Hall–Kier alpha value is -2.82. The Kier molecular flexibility index (Phi) is 3.78. The van der Waals surface area contributed by atoms with Gasteiger partial charge in [-0.25, -0.2) is 18.2 Å². The van der Waals surface area contributed by atoms with E-state index in [-0.39, 0.29) is 31.1 Å². The standard InChI is InChI=1S/C15H11F3N4O/c16-12-1-9(2-13(17)15(12)18)10-3-14(23)21(6-10)8-22-7-20-5-11(22)4-19/h1-2,5,7,10H,3,6,8H2. The van der Waals surface area contributed by atoms with Crippen LogP contribution < -0.4 is 0 Å². The van der Waals surface area contributed by atoms with E-state index in [0.29, 0.717) is 5.69 Å². The molecule has 3 rings (SSSR count). The van der Waals surface area contributed by atoms with Gasteiger partial charge in [-0.05, 0) is 17.7 Å². The molecule has 118 valence electrons. The zero-order valence-electron chi connectivity index (χ0n) is 11.8. The summed E-state index contributed by atoms with van der Waals surface area (Å²) in [7, 11) is 0. The fourth-order valence-corrected chi connectivity index (χ4v) is 2.65. The number of amides is 1. The van der Waals surface area contributed by atoms with Gasteiger partial charge in [-0.1, -0.05) is 0 Å². The summed E-state index contributed by atoms with van der Waals surface area (Å²) in [5.41, 5.74) is 0.545. The molecule has 1 amide bonds. The Bertz CT molecular complexity index is 788. The highest BCUT2D eigenvalue weighted by atomic mass is 19.2. The van der Waals surface area contributed by atoms with Gasteiger partial charge in [0, 0.05) is 18.9 Å². The van der Waals surface area contributed by atoms with Gasteiger partial charge in [-0.3, -0.25) is 4.79 Å². The van der Waals surface area contributed by atoms with Crippen LogP contribution in [-0.2, 0) is 11.5 Å². The molecule has 0 spiro atoms. The van der Waals surface area contributed by atoms with Crippen LogP contribution in [0.5, 0.6) is 0 Å². The van der Waals surface area contributed by atoms with Crippen molar-refractivity contribution in [2.45, 2.75) is 19.0 Å². The summed E-state index contributed by atoms with van der Waals surface area (Å²) in [6, 6.07) is 3.78. The molecule has 5 nitrogen and oxygen atoms in total. The van der Waals surface area contributed by atoms with Crippen LogP contribution in [0.4, 0.5) is 13.2 Å². The minimum Gasteiger partial charge on any atom is -0.324 e. The summed E-state index contributed by atoms with van der Waals surface area (Å²) in [6.07, 6.45) is 2.88. The Morgan fingerprint density at radius 2 is 2.00 bits per heavy atom. The second kappa shape index (κ2) is 5.76. The van der Waals surface area contributed by atoms with E-state index >= 15 is 0 Å². The monoisotopic (exact) mass is 320 g/mol. The van der Waals surface area contributed by atoms with Crippen molar-refractivity contribution in [1.29, 1.82) is 5.26 Å². The lowest BCUT2D eigenvalue weighted by molar-refractivity contribution is -0.129. The molecule has 1 aliphatic rings. The van der Waals surface area contributed by atoms with Crippen molar-refractivity contribution < 1.29 is 18.0 Å². The van der Waals surface area contributed by atoms with Crippen LogP contribution in [0, 0.1) is 28.8 Å². The lowest BCUT2D eigenvalue weighted by Gasteiger charge is -2.18. The number of aromatic nitrogens is 2. The molecule has 1 atom stereocenters. The van der Waals surface area contributed by atoms with Crippen molar-refractivity contribution in [3.8, 4) is 6.07 Å². The molecule has 1 aliphatic heterocycles. The first-order valence-electron chi connectivity index (χ1n) is 6.82. The number of hydrogen-bond donors (Lipinski definition) is 0. The normalized spacial score (nSPS) is 17.6. The molecular weight excluding hydrogens is 309 g/mol. The van der Waals surface area contributed by atoms with Crippen molar-refractivity contribution in [3.05, 3.63) is 53.4 Å². The zero-order chi connectivity index (χ0) is 16.6. The van der Waals surface area contributed by atoms with E-state index in [1.165, 1.54) is 22.0 Å². The fourth-order valence-electron chi connectivity index (χ4n) is 2.65. The molecule has 2 aromatic rings. The van der Waals surface area contributed by atoms with Crippen LogP contribution in [-0.4, -0.2) is 26.9 Å². The predicted octanol–water partition coefficient (Wildman–Crippen LogP) is 2.15. The first kappa shape index (κ1) is 15.1. The number of nitrogens with zero attached hydrogens (tertiary/aromatic N) is 4. The third kappa shape index (κ3) is 2.77. The number of halogens is 3. The van der Waals surface area contributed by atoms with Gasteiger partial charge in [-0.2, -0.15) is 5.26 Å². The number of carbonyl (C=O) groups is 1. The van der Waals surface area contributed by atoms with Gasteiger partial charge in [0.1, 0.15) is 11.8 Å². The van der Waals surface area contributed by atoms with E-state index < -0.39 is 23.4 Å². The molecule has 0 N–H and O–H groups in total. The Balaban J connectivity index is 1.79. The number of rotatable bonds is 3. The third-order valence-corrected chi connectivity index (χ3v) is 3.84. The van der Waals surface area contributed by atoms with Crippen molar-refractivity contribution >= 4 is 5.91 Å². The van der Waals surface area contributed by atoms with Crippen LogP contribution in [0.3, 0.4) is 0 Å². The van der Waals surface area contributed by atoms with E-state index in [2.05, 4.69) is 4.98 Å². The molecule has 0 aliphatic carbocycles. The number of hydrogen-bond acceptors (Lipinski definition) is 3. The van der Waals surface area contributed by atoms with Crippen molar-refractivity contribution in [2.24, 2.45) is 0 Å². The maximum absolute atomic E-state index is 13.3. The quantitative estimate of drug-likeness (QED) is 0.814. The van der Waals surface area contributed by atoms with Gasteiger partial charge in [0.2, 0.25) is 5.91 Å². The Morgan fingerprint density at radius 1 is 1.30 bits per heavy atom. The van der Waals surface area contributed by atoms with Crippen LogP contribution in [0.2, 0.25) is 0 Å². The summed E-state index contributed by atoms with van der Waals surface area (Å²) in [4.78, 5) is 17.4. The maximum atomic E-state index is 13.3. The number of nitriles is 1. The molecule has 0 bridgehead atoms. The van der Waals surface area contributed by atoms with Gasteiger partial charge in [0.15, 0.2) is 17.5 Å². The topological polar surface area (TPSA) is 61.9 Å². The second-order valence-electron chi connectivity index (χ2n) is 5.32.